The van der Waals surface area contributed by atoms with E-state index < -0.39 is 11.9 Å². The number of hydrogen-bond acceptors (Lipinski definition) is 12. The summed E-state index contributed by atoms with van der Waals surface area (Å²) in [4.78, 5) is 32.2. The van der Waals surface area contributed by atoms with Gasteiger partial charge < -0.3 is 28.4 Å². The summed E-state index contributed by atoms with van der Waals surface area (Å²) in [6.45, 7) is 6.29. The van der Waals surface area contributed by atoms with Crippen molar-refractivity contribution in [2.45, 2.75) is 52.2 Å². The van der Waals surface area contributed by atoms with Gasteiger partial charge >= 0.3 is 11.9 Å². The van der Waals surface area contributed by atoms with E-state index >= 15 is 0 Å². The molecule has 55 heavy (non-hydrogen) atoms. The number of methoxy groups -OCH3 is 2. The van der Waals surface area contributed by atoms with Crippen LogP contribution in [0.2, 0.25) is 0 Å². The molecule has 0 saturated heterocycles. The van der Waals surface area contributed by atoms with Crippen molar-refractivity contribution in [3.8, 4) is 33.4 Å². The van der Waals surface area contributed by atoms with Crippen LogP contribution in [0.25, 0.3) is 0 Å². The van der Waals surface area contributed by atoms with E-state index in [2.05, 4.69) is 54.1 Å². The van der Waals surface area contributed by atoms with Crippen LogP contribution in [0, 0.1) is 19.8 Å². The van der Waals surface area contributed by atoms with Gasteiger partial charge in [0.2, 0.25) is 0 Å². The largest absolute Gasteiger partial charge is 0.485 e. The second-order valence-corrected chi connectivity index (χ2v) is 15.3. The number of carbonyl (C=O) groups excluding carboxylic acids is 2. The molecule has 12 heteroatoms. The molecular weight excluding hydrogens is 737 g/mol. The van der Waals surface area contributed by atoms with E-state index in [0.29, 0.717) is 31.8 Å². The van der Waals surface area contributed by atoms with E-state index in [1.807, 2.05) is 61.5 Å². The van der Waals surface area contributed by atoms with Crippen LogP contribution < -0.4 is 18.9 Å². The van der Waals surface area contributed by atoms with E-state index in [1.165, 1.54) is 54.6 Å². The van der Waals surface area contributed by atoms with E-state index in [4.69, 9.17) is 28.4 Å². The fourth-order valence-corrected chi connectivity index (χ4v) is 8.02. The fourth-order valence-electron chi connectivity index (χ4n) is 6.62. The quantitative estimate of drug-likeness (QED) is 0.138. The third-order valence-corrected chi connectivity index (χ3v) is 11.2. The highest BCUT2D eigenvalue weighted by atomic mass is 32.1. The first-order valence-corrected chi connectivity index (χ1v) is 19.5. The number of fused-ring (bicyclic) bond motifs is 2. The molecule has 2 aliphatic heterocycles. The van der Waals surface area contributed by atoms with Crippen LogP contribution in [0.5, 0.6) is 33.4 Å². The zero-order valence-corrected chi connectivity index (χ0v) is 32.7. The fraction of sp³-hybridized carbons (Fsp3) is 0.256. The second kappa shape index (κ2) is 16.7. The smallest absolute Gasteiger partial charge is 0.349 e. The molecule has 0 aliphatic carbocycles. The molecule has 4 aromatic carbocycles. The maximum atomic E-state index is 11.6. The first-order chi connectivity index (χ1) is 26.7. The van der Waals surface area contributed by atoms with Crippen LogP contribution in [0.15, 0.2) is 97.3 Å². The number of hydrogen-bond donors (Lipinski definition) is 0. The Bertz CT molecular complexity index is 2300. The zero-order valence-electron chi connectivity index (χ0n) is 31.1. The van der Waals surface area contributed by atoms with Crippen molar-refractivity contribution in [1.29, 1.82) is 0 Å². The summed E-state index contributed by atoms with van der Waals surface area (Å²) in [5.74, 6) is 2.70. The van der Waals surface area contributed by atoms with Crippen molar-refractivity contribution in [2.75, 3.05) is 14.2 Å². The number of esters is 2. The molecule has 0 saturated carbocycles. The highest BCUT2D eigenvalue weighted by molar-refractivity contribution is 7.15. The average molecular weight is 777 g/mol. The first kappa shape index (κ1) is 37.6. The van der Waals surface area contributed by atoms with E-state index in [0.717, 1.165) is 64.5 Å². The normalized spacial score (nSPS) is 16.9. The topological polar surface area (TPSA) is 115 Å². The minimum absolute atomic E-state index is 0.0482. The molecule has 2 aromatic heterocycles. The van der Waals surface area contributed by atoms with Gasteiger partial charge in [0.15, 0.2) is 0 Å². The summed E-state index contributed by atoms with van der Waals surface area (Å²) in [5.41, 5.74) is 6.86. The average Bonchev–Trinajstić information content (AvgIpc) is 3.88. The van der Waals surface area contributed by atoms with Crippen LogP contribution >= 0.6 is 22.7 Å². The van der Waals surface area contributed by atoms with Crippen LogP contribution in [-0.2, 0) is 22.3 Å². The first-order valence-electron chi connectivity index (χ1n) is 17.8. The Morgan fingerprint density at radius 3 is 2.09 bits per heavy atom. The van der Waals surface area contributed by atoms with Crippen molar-refractivity contribution >= 4 is 34.6 Å². The molecule has 3 atom stereocenters. The Morgan fingerprint density at radius 2 is 1.40 bits per heavy atom. The van der Waals surface area contributed by atoms with Gasteiger partial charge in [-0.25, -0.2) is 19.6 Å². The predicted octanol–water partition coefficient (Wildman–Crippen LogP) is 10.4. The van der Waals surface area contributed by atoms with Gasteiger partial charge in [-0.2, -0.15) is 0 Å². The third kappa shape index (κ3) is 8.66. The lowest BCUT2D eigenvalue weighted by molar-refractivity contribution is 0.0597. The minimum Gasteiger partial charge on any atom is -0.485 e. The van der Waals surface area contributed by atoms with Crippen molar-refractivity contribution in [2.24, 2.45) is 5.92 Å². The van der Waals surface area contributed by atoms with Gasteiger partial charge in [0.1, 0.15) is 45.0 Å². The van der Waals surface area contributed by atoms with Crippen LogP contribution in [-0.4, -0.2) is 36.1 Å². The van der Waals surface area contributed by atoms with Gasteiger partial charge in [-0.1, -0.05) is 84.2 Å². The Hall–Kier alpha value is -5.72. The summed E-state index contributed by atoms with van der Waals surface area (Å²) >= 11 is 2.32. The highest BCUT2D eigenvalue weighted by Gasteiger charge is 2.29. The van der Waals surface area contributed by atoms with Gasteiger partial charge in [-0.3, -0.25) is 0 Å². The highest BCUT2D eigenvalue weighted by Crippen LogP contribution is 2.42. The van der Waals surface area contributed by atoms with Crippen molar-refractivity contribution < 1.29 is 38.0 Å². The van der Waals surface area contributed by atoms with Crippen molar-refractivity contribution in [3.63, 3.8) is 0 Å². The number of ether oxygens (including phenoxy) is 6. The summed E-state index contributed by atoms with van der Waals surface area (Å²) in [5, 5.41) is 0.820. The van der Waals surface area contributed by atoms with Gasteiger partial charge in [0, 0.05) is 5.92 Å². The van der Waals surface area contributed by atoms with Gasteiger partial charge in [0.05, 0.1) is 26.6 Å². The standard InChI is InChI=1S/C22H21NO4S.C21H19NO4S/c1-13-6-4-5-7-16(13)17-9-8-15-11-18(14(2)10-19(15)26-17)27-22-23-12-20(28-22)21(24)25-3;1-13-10-15-11-16(25-21-22-12-18(27-21)20(23)24-2)8-9-17(15)26-19(13)14-6-4-3-5-7-14/h4-7,10-12,17H,8-9H2,1-3H3;3-9,11-13,19H,10H2,1-2H3. The summed E-state index contributed by atoms with van der Waals surface area (Å²) in [6, 6.07) is 28.4. The lowest BCUT2D eigenvalue weighted by Gasteiger charge is -2.32. The molecule has 0 radical (unpaired) electrons. The molecule has 0 fully saturated rings. The second-order valence-electron chi connectivity index (χ2n) is 13.3. The molecule has 0 N–H and O–H groups in total. The molecule has 0 spiro atoms. The van der Waals surface area contributed by atoms with Crippen LogP contribution in [0.4, 0.5) is 0 Å². The molecule has 3 unspecified atom stereocenters. The monoisotopic (exact) mass is 776 g/mol. The molecule has 282 valence electrons. The predicted molar refractivity (Wildman–Crippen MR) is 210 cm³/mol. The Labute approximate surface area is 327 Å². The molecule has 4 heterocycles. The number of thiazole rings is 2. The molecule has 2 aliphatic rings. The molecule has 10 nitrogen and oxygen atoms in total. The number of rotatable bonds is 8. The number of aryl methyl sites for hydroxylation is 3. The van der Waals surface area contributed by atoms with Gasteiger partial charge in [-0.05, 0) is 96.8 Å². The van der Waals surface area contributed by atoms with Gasteiger partial charge in [-0.15, -0.1) is 0 Å². The maximum Gasteiger partial charge on any atom is 0.349 e. The summed E-state index contributed by atoms with van der Waals surface area (Å²) in [6.07, 6.45) is 5.78. The number of aromatic nitrogens is 2. The Kier molecular flexibility index (Phi) is 11.4. The lowest BCUT2D eigenvalue weighted by atomic mass is 9.88. The summed E-state index contributed by atoms with van der Waals surface area (Å²) < 4.78 is 33.7. The molecule has 0 bridgehead atoms. The molecule has 8 rings (SSSR count). The van der Waals surface area contributed by atoms with Crippen molar-refractivity contribution in [1.82, 2.24) is 9.97 Å². The minimum atomic E-state index is -0.415. The van der Waals surface area contributed by atoms with E-state index in [1.54, 1.807) is 0 Å². The van der Waals surface area contributed by atoms with E-state index in [-0.39, 0.29) is 12.2 Å². The lowest BCUT2D eigenvalue weighted by Crippen LogP contribution is -2.23. The number of benzene rings is 4. The van der Waals surface area contributed by atoms with Crippen LogP contribution in [0.3, 0.4) is 0 Å². The molecule has 0 amide bonds. The van der Waals surface area contributed by atoms with Crippen molar-refractivity contribution in [3.05, 3.63) is 140 Å². The SMILES string of the molecule is COC(=O)c1cnc(Oc2cc3c(cc2C)OC(c2ccccc2C)CC3)s1.COC(=O)c1cnc(Oc2ccc3c(c2)CC(C)C(c2ccccc2)O3)s1. The van der Waals surface area contributed by atoms with Gasteiger partial charge in [0.25, 0.3) is 10.4 Å². The Morgan fingerprint density at radius 1 is 0.727 bits per heavy atom. The Balaban J connectivity index is 0.000000169. The number of carbonyl (C=O) groups is 2. The third-order valence-electron chi connectivity index (χ3n) is 9.46. The van der Waals surface area contributed by atoms with E-state index in [9.17, 15) is 9.59 Å². The maximum absolute atomic E-state index is 11.6. The summed E-state index contributed by atoms with van der Waals surface area (Å²) in [7, 11) is 2.69. The molecule has 6 aromatic rings. The number of nitrogens with zero attached hydrogens (tertiary/aromatic N) is 2. The molecular formula is C43H40N2O8S2. The van der Waals surface area contributed by atoms with Crippen LogP contribution in [0.1, 0.15) is 78.3 Å². The zero-order chi connectivity index (χ0) is 38.5.